The van der Waals surface area contributed by atoms with E-state index in [9.17, 15) is 18.6 Å². The number of hydrogen-bond acceptors (Lipinski definition) is 4. The van der Waals surface area contributed by atoms with Gasteiger partial charge >= 0.3 is 0 Å². The Balaban J connectivity index is 2.77. The number of aryl methyl sites for hydroxylation is 3. The molecule has 0 bridgehead atoms. The van der Waals surface area contributed by atoms with Crippen molar-refractivity contribution in [2.45, 2.75) is 30.6 Å². The maximum absolute atomic E-state index is 12.7. The summed E-state index contributed by atoms with van der Waals surface area (Å²) >= 11 is 0. The van der Waals surface area contributed by atoms with Crippen LogP contribution in [0.25, 0.3) is 0 Å². The van der Waals surface area contributed by atoms with Gasteiger partial charge in [-0.2, -0.15) is 0 Å². The van der Waals surface area contributed by atoms with Gasteiger partial charge in [-0.3, -0.25) is 0 Å². The Hall–Kier alpha value is -2.01. The predicted molar refractivity (Wildman–Crippen MR) is 75.9 cm³/mol. The smallest absolute Gasteiger partial charge is 0.210 e. The normalized spacial score (nSPS) is 11.6. The van der Waals surface area contributed by atoms with Crippen LogP contribution < -0.4 is 0 Å². The minimum absolute atomic E-state index is 0.000229. The summed E-state index contributed by atoms with van der Waals surface area (Å²) in [5.41, 5.74) is 1.78. The summed E-state index contributed by atoms with van der Waals surface area (Å²) in [6.45, 7) is 5.06. The molecule has 0 radical (unpaired) electrons. The molecule has 0 unspecified atom stereocenters. The first-order chi connectivity index (χ1) is 9.23. The molecular formula is C15H16O4S. The fourth-order valence-electron chi connectivity index (χ4n) is 2.27. The third-order valence-corrected chi connectivity index (χ3v) is 5.22. The van der Waals surface area contributed by atoms with Gasteiger partial charge in [0.1, 0.15) is 16.4 Å². The molecule has 0 atom stereocenters. The molecule has 5 heteroatoms. The van der Waals surface area contributed by atoms with Gasteiger partial charge in [-0.05, 0) is 55.7 Å². The predicted octanol–water partition coefficient (Wildman–Crippen LogP) is 2.86. The summed E-state index contributed by atoms with van der Waals surface area (Å²) in [5.74, 6) is -0.399. The highest BCUT2D eigenvalue weighted by Crippen LogP contribution is 2.34. The number of aromatic hydroxyl groups is 2. The average Bonchev–Trinajstić information content (AvgIpc) is 2.30. The number of phenols is 2. The fourth-order valence-corrected chi connectivity index (χ4v) is 4.07. The first-order valence-corrected chi connectivity index (χ1v) is 7.56. The second kappa shape index (κ2) is 4.83. The standard InChI is InChI=1S/C15H16O4S/c1-9-6-11(3)15(13(17)7-9)20(18,19)14-8-12(16)5-4-10(14)2/h4-8,16-17H,1-3H3. The molecule has 2 rings (SSSR count). The molecule has 0 saturated heterocycles. The van der Waals surface area contributed by atoms with Crippen molar-refractivity contribution in [3.63, 3.8) is 0 Å². The zero-order chi connectivity index (χ0) is 15.1. The van der Waals surface area contributed by atoms with Crippen LogP contribution in [0.5, 0.6) is 11.5 Å². The summed E-state index contributed by atoms with van der Waals surface area (Å²) in [4.78, 5) is -0.114. The summed E-state index contributed by atoms with van der Waals surface area (Å²) in [6.07, 6.45) is 0. The van der Waals surface area contributed by atoms with E-state index in [4.69, 9.17) is 0 Å². The quantitative estimate of drug-likeness (QED) is 0.892. The largest absolute Gasteiger partial charge is 0.508 e. The van der Waals surface area contributed by atoms with Gasteiger partial charge < -0.3 is 10.2 Å². The fraction of sp³-hybridized carbons (Fsp3) is 0.200. The van der Waals surface area contributed by atoms with Crippen LogP contribution >= 0.6 is 0 Å². The van der Waals surface area contributed by atoms with Crippen molar-refractivity contribution in [1.29, 1.82) is 0 Å². The summed E-state index contributed by atoms with van der Waals surface area (Å²) in [6, 6.07) is 7.27. The van der Waals surface area contributed by atoms with Crippen LogP contribution in [0.2, 0.25) is 0 Å². The molecule has 0 aliphatic rings. The molecule has 0 heterocycles. The molecule has 106 valence electrons. The van der Waals surface area contributed by atoms with E-state index in [2.05, 4.69) is 0 Å². The SMILES string of the molecule is Cc1cc(C)c(S(=O)(=O)c2cc(O)ccc2C)c(O)c1. The Morgan fingerprint density at radius 1 is 0.900 bits per heavy atom. The van der Waals surface area contributed by atoms with Gasteiger partial charge in [0.2, 0.25) is 9.84 Å². The van der Waals surface area contributed by atoms with Gasteiger partial charge in [-0.1, -0.05) is 12.1 Å². The van der Waals surface area contributed by atoms with Crippen molar-refractivity contribution in [3.8, 4) is 11.5 Å². The second-order valence-corrected chi connectivity index (χ2v) is 6.74. The molecule has 2 N–H and O–H groups in total. The molecule has 20 heavy (non-hydrogen) atoms. The van der Waals surface area contributed by atoms with Crippen LogP contribution in [0.3, 0.4) is 0 Å². The van der Waals surface area contributed by atoms with E-state index >= 15 is 0 Å². The number of benzene rings is 2. The highest BCUT2D eigenvalue weighted by molar-refractivity contribution is 7.91. The van der Waals surface area contributed by atoms with E-state index in [0.29, 0.717) is 11.1 Å². The minimum atomic E-state index is -3.88. The van der Waals surface area contributed by atoms with Gasteiger partial charge in [0.05, 0.1) is 4.90 Å². The molecule has 0 amide bonds. The minimum Gasteiger partial charge on any atom is -0.508 e. The Bertz CT molecular complexity index is 753. The van der Waals surface area contributed by atoms with Crippen LogP contribution in [0.1, 0.15) is 16.7 Å². The lowest BCUT2D eigenvalue weighted by atomic mass is 10.1. The number of rotatable bonds is 2. The van der Waals surface area contributed by atoms with Crippen LogP contribution in [0.4, 0.5) is 0 Å². The van der Waals surface area contributed by atoms with E-state index in [1.165, 1.54) is 24.3 Å². The van der Waals surface area contributed by atoms with Crippen molar-refractivity contribution in [1.82, 2.24) is 0 Å². The Morgan fingerprint density at radius 2 is 1.55 bits per heavy atom. The van der Waals surface area contributed by atoms with Crippen LogP contribution in [0.15, 0.2) is 40.1 Å². The molecule has 0 spiro atoms. The van der Waals surface area contributed by atoms with Gasteiger partial charge in [-0.25, -0.2) is 8.42 Å². The van der Waals surface area contributed by atoms with Crippen molar-refractivity contribution in [2.75, 3.05) is 0 Å². The third-order valence-electron chi connectivity index (χ3n) is 3.13. The molecule has 0 aliphatic heterocycles. The van der Waals surface area contributed by atoms with Gasteiger partial charge in [-0.15, -0.1) is 0 Å². The lowest BCUT2D eigenvalue weighted by molar-refractivity contribution is 0.456. The van der Waals surface area contributed by atoms with Crippen molar-refractivity contribution in [2.24, 2.45) is 0 Å². The van der Waals surface area contributed by atoms with Crippen molar-refractivity contribution in [3.05, 3.63) is 47.0 Å². The molecule has 0 saturated carbocycles. The van der Waals surface area contributed by atoms with E-state index < -0.39 is 9.84 Å². The van der Waals surface area contributed by atoms with E-state index in [0.717, 1.165) is 5.56 Å². The zero-order valence-corrected chi connectivity index (χ0v) is 12.3. The molecule has 2 aromatic carbocycles. The molecular weight excluding hydrogens is 276 g/mol. The Kier molecular flexibility index (Phi) is 3.48. The molecule has 2 aromatic rings. The first-order valence-electron chi connectivity index (χ1n) is 6.08. The summed E-state index contributed by atoms with van der Waals surface area (Å²) in [5, 5.41) is 19.5. The highest BCUT2D eigenvalue weighted by Gasteiger charge is 2.26. The first kappa shape index (κ1) is 14.4. The molecule has 0 aromatic heterocycles. The lowest BCUT2D eigenvalue weighted by Crippen LogP contribution is -2.06. The third kappa shape index (κ3) is 2.36. The topological polar surface area (TPSA) is 74.6 Å². The summed E-state index contributed by atoms with van der Waals surface area (Å²) in [7, 11) is -3.88. The Morgan fingerprint density at radius 3 is 2.15 bits per heavy atom. The Labute approximate surface area is 118 Å². The van der Waals surface area contributed by atoms with Crippen LogP contribution in [0, 0.1) is 20.8 Å². The summed E-state index contributed by atoms with van der Waals surface area (Å²) < 4.78 is 25.4. The maximum atomic E-state index is 12.7. The lowest BCUT2D eigenvalue weighted by Gasteiger charge is -2.13. The van der Waals surface area contributed by atoms with Gasteiger partial charge in [0.15, 0.2) is 0 Å². The second-order valence-electron chi connectivity index (χ2n) is 4.88. The average molecular weight is 292 g/mol. The molecule has 0 aliphatic carbocycles. The van der Waals surface area contributed by atoms with Crippen LogP contribution in [-0.2, 0) is 9.84 Å². The zero-order valence-electron chi connectivity index (χ0n) is 11.5. The number of phenolic OH excluding ortho intramolecular Hbond substituents is 2. The van der Waals surface area contributed by atoms with Gasteiger partial charge in [0.25, 0.3) is 0 Å². The van der Waals surface area contributed by atoms with Crippen molar-refractivity contribution < 1.29 is 18.6 Å². The maximum Gasteiger partial charge on any atom is 0.210 e. The monoisotopic (exact) mass is 292 g/mol. The van der Waals surface area contributed by atoms with Gasteiger partial charge in [0, 0.05) is 0 Å². The molecule has 4 nitrogen and oxygen atoms in total. The van der Waals surface area contributed by atoms with E-state index in [1.807, 2.05) is 0 Å². The van der Waals surface area contributed by atoms with E-state index in [-0.39, 0.29) is 21.3 Å². The van der Waals surface area contributed by atoms with E-state index in [1.54, 1.807) is 26.8 Å². The van der Waals surface area contributed by atoms with Crippen LogP contribution in [-0.4, -0.2) is 18.6 Å². The number of hydrogen-bond donors (Lipinski definition) is 2. The molecule has 0 fully saturated rings. The number of sulfone groups is 1. The van der Waals surface area contributed by atoms with Crippen molar-refractivity contribution >= 4 is 9.84 Å². The highest BCUT2D eigenvalue weighted by atomic mass is 32.2.